The predicted octanol–water partition coefficient (Wildman–Crippen LogP) is 2.28. The molecule has 1 rings (SSSR count). The van der Waals surface area contributed by atoms with Gasteiger partial charge in [0.15, 0.2) is 5.78 Å². The fraction of sp³-hybridized carbons (Fsp3) is 0.500. The molecule has 0 aromatic carbocycles. The van der Waals surface area contributed by atoms with E-state index in [1.54, 1.807) is 10.8 Å². The first-order valence-electron chi connectivity index (χ1n) is 5.36. The Morgan fingerprint density at radius 3 is 2.60 bits per heavy atom. The van der Waals surface area contributed by atoms with Crippen molar-refractivity contribution in [3.63, 3.8) is 0 Å². The van der Waals surface area contributed by atoms with Gasteiger partial charge in [0.2, 0.25) is 0 Å². The van der Waals surface area contributed by atoms with Crippen LogP contribution in [0.1, 0.15) is 32.4 Å². The minimum atomic E-state index is 0.146. The number of aromatic nitrogens is 2. The molecule has 82 valence electrons. The first-order chi connectivity index (χ1) is 7.15. The average molecular weight is 206 g/mol. The summed E-state index contributed by atoms with van der Waals surface area (Å²) in [5.74, 6) is 0.146. The zero-order valence-corrected chi connectivity index (χ0v) is 9.66. The van der Waals surface area contributed by atoms with Crippen LogP contribution in [-0.2, 0) is 18.3 Å². The molecule has 0 aliphatic carbocycles. The first kappa shape index (κ1) is 11.7. The van der Waals surface area contributed by atoms with E-state index in [0.717, 1.165) is 18.5 Å². The highest BCUT2D eigenvalue weighted by molar-refractivity contribution is 5.91. The van der Waals surface area contributed by atoms with E-state index < -0.39 is 0 Å². The van der Waals surface area contributed by atoms with E-state index in [2.05, 4.69) is 18.9 Å². The van der Waals surface area contributed by atoms with Crippen molar-refractivity contribution in [2.24, 2.45) is 7.05 Å². The van der Waals surface area contributed by atoms with Crippen LogP contribution in [0.5, 0.6) is 0 Å². The van der Waals surface area contributed by atoms with E-state index in [9.17, 15) is 4.79 Å². The fourth-order valence-electron chi connectivity index (χ4n) is 1.47. The molecular formula is C12H18N2O. The Kier molecular flexibility index (Phi) is 4.28. The molecule has 15 heavy (non-hydrogen) atoms. The average Bonchev–Trinajstić information content (AvgIpc) is 2.60. The molecule has 0 unspecified atom stereocenters. The molecule has 0 atom stereocenters. The molecule has 0 N–H and O–H groups in total. The van der Waals surface area contributed by atoms with Crippen LogP contribution in [0.25, 0.3) is 0 Å². The van der Waals surface area contributed by atoms with Gasteiger partial charge in [0.1, 0.15) is 0 Å². The number of ketones is 1. The summed E-state index contributed by atoms with van der Waals surface area (Å²) in [5, 5.41) is 4.18. The molecule has 0 bridgehead atoms. The van der Waals surface area contributed by atoms with Gasteiger partial charge in [0, 0.05) is 13.2 Å². The minimum Gasteiger partial charge on any atom is -0.294 e. The number of hydrogen-bond acceptors (Lipinski definition) is 2. The quantitative estimate of drug-likeness (QED) is 0.693. The van der Waals surface area contributed by atoms with E-state index in [0.29, 0.717) is 6.42 Å². The maximum Gasteiger partial charge on any atom is 0.161 e. The molecule has 1 heterocycles. The molecule has 0 aliphatic heterocycles. The molecule has 0 aliphatic rings. The number of allylic oxidation sites excluding steroid dienone is 2. The van der Waals surface area contributed by atoms with Crippen molar-refractivity contribution in [2.75, 3.05) is 0 Å². The van der Waals surface area contributed by atoms with Gasteiger partial charge in [-0.25, -0.2) is 0 Å². The van der Waals surface area contributed by atoms with Crippen molar-refractivity contribution in [1.82, 2.24) is 9.78 Å². The van der Waals surface area contributed by atoms with Crippen molar-refractivity contribution < 1.29 is 4.79 Å². The van der Waals surface area contributed by atoms with Crippen LogP contribution in [0.15, 0.2) is 23.9 Å². The molecule has 1 aromatic heterocycles. The lowest BCUT2D eigenvalue weighted by Gasteiger charge is -1.98. The predicted molar refractivity (Wildman–Crippen MR) is 60.6 cm³/mol. The van der Waals surface area contributed by atoms with Gasteiger partial charge < -0.3 is 0 Å². The summed E-state index contributed by atoms with van der Waals surface area (Å²) in [6.45, 7) is 4.15. The van der Waals surface area contributed by atoms with Crippen LogP contribution < -0.4 is 0 Å². The summed E-state index contributed by atoms with van der Waals surface area (Å²) in [6.07, 6.45) is 5.92. The number of rotatable bonds is 5. The summed E-state index contributed by atoms with van der Waals surface area (Å²) in [4.78, 5) is 11.6. The number of aryl methyl sites for hydroxylation is 1. The Bertz CT molecular complexity index is 357. The van der Waals surface area contributed by atoms with E-state index in [-0.39, 0.29) is 5.78 Å². The number of nitrogens with zero attached hydrogens (tertiary/aromatic N) is 2. The van der Waals surface area contributed by atoms with Crippen LogP contribution in [0.2, 0.25) is 0 Å². The van der Waals surface area contributed by atoms with E-state index in [1.807, 2.05) is 19.3 Å². The van der Waals surface area contributed by atoms with Gasteiger partial charge in [0.05, 0.1) is 12.1 Å². The van der Waals surface area contributed by atoms with Gasteiger partial charge in [-0.2, -0.15) is 5.10 Å². The van der Waals surface area contributed by atoms with Gasteiger partial charge in [-0.3, -0.25) is 9.48 Å². The Morgan fingerprint density at radius 1 is 1.47 bits per heavy atom. The largest absolute Gasteiger partial charge is 0.294 e. The third kappa shape index (κ3) is 3.70. The minimum absolute atomic E-state index is 0.146. The third-order valence-corrected chi connectivity index (χ3v) is 2.40. The van der Waals surface area contributed by atoms with E-state index >= 15 is 0 Å². The number of carbonyl (C=O) groups excluding carboxylic acids is 1. The van der Waals surface area contributed by atoms with Gasteiger partial charge in [-0.1, -0.05) is 19.4 Å². The Balaban J connectivity index is 2.60. The lowest BCUT2D eigenvalue weighted by atomic mass is 10.1. The molecule has 1 aromatic rings. The van der Waals surface area contributed by atoms with Crippen LogP contribution in [0.3, 0.4) is 0 Å². The third-order valence-electron chi connectivity index (χ3n) is 2.40. The highest BCUT2D eigenvalue weighted by Crippen LogP contribution is 2.06. The molecule has 0 saturated carbocycles. The molecular weight excluding hydrogens is 188 g/mol. The molecule has 0 saturated heterocycles. The zero-order valence-electron chi connectivity index (χ0n) is 9.66. The summed E-state index contributed by atoms with van der Waals surface area (Å²) >= 11 is 0. The molecule has 0 radical (unpaired) electrons. The van der Waals surface area contributed by atoms with E-state index in [4.69, 9.17) is 0 Å². The van der Waals surface area contributed by atoms with Crippen LogP contribution in [0.4, 0.5) is 0 Å². The molecule has 0 spiro atoms. The van der Waals surface area contributed by atoms with Crippen molar-refractivity contribution in [3.05, 3.63) is 29.6 Å². The topological polar surface area (TPSA) is 34.9 Å². The summed E-state index contributed by atoms with van der Waals surface area (Å²) in [5.41, 5.74) is 2.04. The van der Waals surface area contributed by atoms with Gasteiger partial charge >= 0.3 is 0 Å². The Hall–Kier alpha value is -1.38. The maximum atomic E-state index is 11.6. The highest BCUT2D eigenvalue weighted by Gasteiger charge is 2.04. The lowest BCUT2D eigenvalue weighted by molar-refractivity contribution is -0.114. The second-order valence-electron chi connectivity index (χ2n) is 3.63. The van der Waals surface area contributed by atoms with Gasteiger partial charge in [-0.15, -0.1) is 0 Å². The second kappa shape index (κ2) is 5.49. The van der Waals surface area contributed by atoms with Crippen molar-refractivity contribution in [2.45, 2.75) is 33.1 Å². The van der Waals surface area contributed by atoms with Gasteiger partial charge in [0.25, 0.3) is 0 Å². The fourth-order valence-corrected chi connectivity index (χ4v) is 1.47. The summed E-state index contributed by atoms with van der Waals surface area (Å²) in [6, 6.07) is 1.88. The molecule has 0 amide bonds. The lowest BCUT2D eigenvalue weighted by Crippen LogP contribution is -2.01. The summed E-state index contributed by atoms with van der Waals surface area (Å²) < 4.78 is 1.72. The number of hydrogen-bond donors (Lipinski definition) is 0. The van der Waals surface area contributed by atoms with Gasteiger partial charge in [-0.05, 0) is 25.0 Å². The maximum absolute atomic E-state index is 11.6. The number of carbonyl (C=O) groups is 1. The smallest absolute Gasteiger partial charge is 0.161 e. The molecule has 3 heteroatoms. The standard InChI is InChI=1S/C12H18N2O/c1-4-10(5-2)8-12(15)9-11-6-7-14(3)13-11/h6-8H,4-5,9H2,1-3H3. The Morgan fingerprint density at radius 2 is 2.13 bits per heavy atom. The first-order valence-corrected chi connectivity index (χ1v) is 5.36. The van der Waals surface area contributed by atoms with Crippen molar-refractivity contribution in [1.29, 1.82) is 0 Å². The van der Waals surface area contributed by atoms with Crippen molar-refractivity contribution >= 4 is 5.78 Å². The normalized spacial score (nSPS) is 10.1. The molecule has 0 fully saturated rings. The Labute approximate surface area is 90.8 Å². The van der Waals surface area contributed by atoms with E-state index in [1.165, 1.54) is 5.57 Å². The van der Waals surface area contributed by atoms with Crippen LogP contribution in [0, 0.1) is 0 Å². The van der Waals surface area contributed by atoms with Crippen LogP contribution in [-0.4, -0.2) is 15.6 Å². The van der Waals surface area contributed by atoms with Crippen molar-refractivity contribution in [3.8, 4) is 0 Å². The zero-order chi connectivity index (χ0) is 11.3. The highest BCUT2D eigenvalue weighted by atomic mass is 16.1. The SMILES string of the molecule is CCC(=CC(=O)Cc1ccn(C)n1)CC. The monoisotopic (exact) mass is 206 g/mol. The second-order valence-corrected chi connectivity index (χ2v) is 3.63. The molecule has 3 nitrogen and oxygen atoms in total. The van der Waals surface area contributed by atoms with Crippen LogP contribution >= 0.6 is 0 Å². The summed E-state index contributed by atoms with van der Waals surface area (Å²) in [7, 11) is 1.85.